The summed E-state index contributed by atoms with van der Waals surface area (Å²) in [5.74, 6) is -0.0129. The van der Waals surface area contributed by atoms with Gasteiger partial charge in [-0.2, -0.15) is 18.2 Å². The molecule has 3 rings (SSSR count). The van der Waals surface area contributed by atoms with Crippen molar-refractivity contribution in [3.05, 3.63) is 47.7 Å². The lowest BCUT2D eigenvalue weighted by Crippen LogP contribution is -2.37. The number of thiocarbonyl (C=S) groups is 1. The molecule has 0 bridgehead atoms. The summed E-state index contributed by atoms with van der Waals surface area (Å²) in [5.41, 5.74) is -0.0315. The summed E-state index contributed by atoms with van der Waals surface area (Å²) >= 11 is 5.23. The van der Waals surface area contributed by atoms with E-state index in [1.807, 2.05) is 37.3 Å². The highest BCUT2D eigenvalue weighted by Gasteiger charge is 2.34. The number of benzene rings is 1. The molecule has 6 nitrogen and oxygen atoms in total. The molecule has 1 atom stereocenters. The van der Waals surface area contributed by atoms with E-state index in [1.54, 1.807) is 4.90 Å². The maximum absolute atomic E-state index is 13.3. The summed E-state index contributed by atoms with van der Waals surface area (Å²) in [6.07, 6.45) is -4.59. The monoisotopic (exact) mass is 411 g/mol. The number of hydrogen-bond acceptors (Lipinski definition) is 5. The number of alkyl halides is 3. The van der Waals surface area contributed by atoms with Gasteiger partial charge in [-0.15, -0.1) is 0 Å². The largest absolute Gasteiger partial charge is 0.433 e. The summed E-state index contributed by atoms with van der Waals surface area (Å²) in [4.78, 5) is 9.53. The van der Waals surface area contributed by atoms with Crippen molar-refractivity contribution in [2.24, 2.45) is 0 Å². The van der Waals surface area contributed by atoms with Crippen molar-refractivity contribution < 1.29 is 17.9 Å². The molecule has 2 aromatic rings. The molecule has 1 aliphatic heterocycles. The van der Waals surface area contributed by atoms with Gasteiger partial charge in [0.05, 0.1) is 19.3 Å². The molecule has 10 heteroatoms. The molecule has 0 amide bonds. The minimum atomic E-state index is -4.59. The van der Waals surface area contributed by atoms with Crippen molar-refractivity contribution in [1.82, 2.24) is 15.3 Å². The van der Waals surface area contributed by atoms with Gasteiger partial charge in [0.15, 0.2) is 10.8 Å². The minimum Gasteiger partial charge on any atom is -0.378 e. The first-order chi connectivity index (χ1) is 13.3. The molecular weight excluding hydrogens is 391 g/mol. The van der Waals surface area contributed by atoms with Crippen LogP contribution in [-0.2, 0) is 10.9 Å². The van der Waals surface area contributed by atoms with Crippen molar-refractivity contribution in [1.29, 1.82) is 0 Å². The maximum atomic E-state index is 13.3. The van der Waals surface area contributed by atoms with Crippen LogP contribution in [0.3, 0.4) is 0 Å². The lowest BCUT2D eigenvalue weighted by atomic mass is 10.1. The Morgan fingerprint density at radius 1 is 1.18 bits per heavy atom. The second kappa shape index (κ2) is 8.70. The second-order valence-electron chi connectivity index (χ2n) is 6.26. The minimum absolute atomic E-state index is 0.134. The number of halogens is 3. The Morgan fingerprint density at radius 2 is 1.86 bits per heavy atom. The molecule has 2 N–H and O–H groups in total. The van der Waals surface area contributed by atoms with E-state index in [0.717, 1.165) is 11.6 Å². The smallest absolute Gasteiger partial charge is 0.378 e. The molecule has 1 aromatic carbocycles. The SMILES string of the molecule is C[C@H](NC(=S)Nc1nc(N2CCOCC2)cc(C(F)(F)F)n1)c1ccccc1. The molecule has 0 saturated carbocycles. The normalized spacial score (nSPS) is 15.8. The Balaban J connectivity index is 1.77. The lowest BCUT2D eigenvalue weighted by molar-refractivity contribution is -0.141. The number of ether oxygens (including phenoxy) is 1. The van der Waals surface area contributed by atoms with Crippen LogP contribution in [0.15, 0.2) is 36.4 Å². The summed E-state index contributed by atoms with van der Waals surface area (Å²) in [5, 5.41) is 5.84. The van der Waals surface area contributed by atoms with E-state index in [-0.39, 0.29) is 22.9 Å². The molecule has 0 unspecified atom stereocenters. The molecule has 1 aromatic heterocycles. The molecular formula is C18H20F3N5OS. The predicted molar refractivity (Wildman–Crippen MR) is 104 cm³/mol. The number of morpholine rings is 1. The molecule has 0 radical (unpaired) electrons. The summed E-state index contributed by atoms with van der Waals surface area (Å²) in [6, 6.07) is 10.4. The Kier molecular flexibility index (Phi) is 6.30. The standard InChI is InChI=1S/C18H20F3N5OS/c1-12(13-5-3-2-4-6-13)22-17(28)25-16-23-14(18(19,20)21)11-15(24-16)26-7-9-27-10-8-26/h2-6,11-12H,7-10H2,1H3,(H2,22,23,24,25,28)/t12-/m0/s1. The molecule has 28 heavy (non-hydrogen) atoms. The Labute approximate surface area is 166 Å². The van der Waals surface area contributed by atoms with E-state index < -0.39 is 11.9 Å². The summed E-state index contributed by atoms with van der Waals surface area (Å²) in [6.45, 7) is 3.68. The van der Waals surface area contributed by atoms with Gasteiger partial charge in [-0.1, -0.05) is 30.3 Å². The Bertz CT molecular complexity index is 813. The van der Waals surface area contributed by atoms with Gasteiger partial charge in [-0.25, -0.2) is 4.98 Å². The van der Waals surface area contributed by atoms with Crippen LogP contribution in [0.25, 0.3) is 0 Å². The van der Waals surface area contributed by atoms with Gasteiger partial charge >= 0.3 is 6.18 Å². The Morgan fingerprint density at radius 3 is 2.50 bits per heavy atom. The van der Waals surface area contributed by atoms with Crippen LogP contribution < -0.4 is 15.5 Å². The fraction of sp³-hybridized carbons (Fsp3) is 0.389. The number of nitrogens with one attached hydrogen (secondary N) is 2. The molecule has 0 aliphatic carbocycles. The number of aromatic nitrogens is 2. The van der Waals surface area contributed by atoms with Gasteiger partial charge in [0.1, 0.15) is 5.82 Å². The predicted octanol–water partition coefficient (Wildman–Crippen LogP) is 3.38. The average Bonchev–Trinajstić information content (AvgIpc) is 2.68. The van der Waals surface area contributed by atoms with E-state index in [0.29, 0.717) is 26.3 Å². The van der Waals surface area contributed by atoms with Crippen LogP contribution in [0.1, 0.15) is 24.2 Å². The molecule has 150 valence electrons. The average molecular weight is 411 g/mol. The van der Waals surface area contributed by atoms with Gasteiger partial charge < -0.3 is 20.3 Å². The second-order valence-corrected chi connectivity index (χ2v) is 6.67. The topological polar surface area (TPSA) is 62.3 Å². The highest BCUT2D eigenvalue weighted by molar-refractivity contribution is 7.80. The van der Waals surface area contributed by atoms with E-state index in [4.69, 9.17) is 17.0 Å². The van der Waals surface area contributed by atoms with E-state index in [2.05, 4.69) is 20.6 Å². The van der Waals surface area contributed by atoms with Crippen LogP contribution in [0.5, 0.6) is 0 Å². The van der Waals surface area contributed by atoms with Crippen molar-refractivity contribution in [3.8, 4) is 0 Å². The third-order valence-corrected chi connectivity index (χ3v) is 4.43. The number of rotatable bonds is 4. The Hall–Kier alpha value is -2.46. The summed E-state index contributed by atoms with van der Waals surface area (Å²) < 4.78 is 45.1. The van der Waals surface area contributed by atoms with Crippen molar-refractivity contribution in [2.45, 2.75) is 19.1 Å². The number of nitrogens with zero attached hydrogens (tertiary/aromatic N) is 3. The molecule has 1 aliphatic rings. The van der Waals surface area contributed by atoms with Crippen LogP contribution in [0.2, 0.25) is 0 Å². The van der Waals surface area contributed by atoms with E-state index >= 15 is 0 Å². The highest BCUT2D eigenvalue weighted by Crippen LogP contribution is 2.30. The highest BCUT2D eigenvalue weighted by atomic mass is 32.1. The first kappa shape index (κ1) is 20.3. The third kappa shape index (κ3) is 5.29. The number of hydrogen-bond donors (Lipinski definition) is 2. The van der Waals surface area contributed by atoms with Gasteiger partial charge in [0.25, 0.3) is 0 Å². The first-order valence-electron chi connectivity index (χ1n) is 8.74. The molecule has 2 heterocycles. The van der Waals surface area contributed by atoms with Crippen molar-refractivity contribution in [3.63, 3.8) is 0 Å². The zero-order valence-electron chi connectivity index (χ0n) is 15.2. The molecule has 0 spiro atoms. The van der Waals surface area contributed by atoms with Gasteiger partial charge in [-0.3, -0.25) is 0 Å². The van der Waals surface area contributed by atoms with E-state index in [1.165, 1.54) is 0 Å². The fourth-order valence-corrected chi connectivity index (χ4v) is 3.02. The fourth-order valence-electron chi connectivity index (χ4n) is 2.75. The van der Waals surface area contributed by atoms with Crippen LogP contribution in [-0.4, -0.2) is 41.4 Å². The maximum Gasteiger partial charge on any atom is 0.433 e. The zero-order chi connectivity index (χ0) is 20.1. The van der Waals surface area contributed by atoms with Crippen LogP contribution in [0, 0.1) is 0 Å². The van der Waals surface area contributed by atoms with Crippen molar-refractivity contribution >= 4 is 29.1 Å². The first-order valence-corrected chi connectivity index (χ1v) is 9.15. The zero-order valence-corrected chi connectivity index (χ0v) is 16.0. The van der Waals surface area contributed by atoms with Gasteiger partial charge in [0, 0.05) is 19.2 Å². The summed E-state index contributed by atoms with van der Waals surface area (Å²) in [7, 11) is 0. The molecule has 1 saturated heterocycles. The van der Waals surface area contributed by atoms with Gasteiger partial charge in [0.2, 0.25) is 5.95 Å². The van der Waals surface area contributed by atoms with Crippen LogP contribution in [0.4, 0.5) is 24.9 Å². The lowest BCUT2D eigenvalue weighted by Gasteiger charge is -2.28. The number of anilines is 2. The van der Waals surface area contributed by atoms with Gasteiger partial charge in [-0.05, 0) is 24.7 Å². The van der Waals surface area contributed by atoms with E-state index in [9.17, 15) is 13.2 Å². The van der Waals surface area contributed by atoms with Crippen molar-refractivity contribution in [2.75, 3.05) is 36.5 Å². The molecule has 1 fully saturated rings. The van der Waals surface area contributed by atoms with Crippen LogP contribution >= 0.6 is 12.2 Å². The third-order valence-electron chi connectivity index (χ3n) is 4.21. The quantitative estimate of drug-likeness (QED) is 0.748.